The van der Waals surface area contributed by atoms with E-state index in [0.29, 0.717) is 23.4 Å². The Balaban J connectivity index is 2.24. The van der Waals surface area contributed by atoms with Crippen LogP contribution in [0.4, 0.5) is 17.1 Å². The van der Waals surface area contributed by atoms with Crippen molar-refractivity contribution in [1.29, 1.82) is 0 Å². The molecule has 0 amide bonds. The van der Waals surface area contributed by atoms with Gasteiger partial charge in [0.25, 0.3) is 0 Å². The smallest absolute Gasteiger partial charge is 0.0629 e. The van der Waals surface area contributed by atoms with E-state index < -0.39 is 60.4 Å². The molecular formula is C28H28N2. The Morgan fingerprint density at radius 1 is 0.833 bits per heavy atom. The summed E-state index contributed by atoms with van der Waals surface area (Å²) in [4.78, 5) is 0. The zero-order valence-electron chi connectivity index (χ0n) is 26.8. The number of nitrogens with two attached hydrogens (primary N) is 1. The van der Waals surface area contributed by atoms with Crippen LogP contribution in [0.1, 0.15) is 33.1 Å². The number of benzene rings is 4. The molecule has 4 aromatic rings. The molecule has 4 rings (SSSR count). The third-order valence-electron chi connectivity index (χ3n) is 4.60. The van der Waals surface area contributed by atoms with Crippen molar-refractivity contribution in [2.45, 2.75) is 20.3 Å². The van der Waals surface area contributed by atoms with Crippen LogP contribution < -0.4 is 11.1 Å². The molecule has 0 fully saturated rings. The second kappa shape index (κ2) is 8.87. The molecule has 0 aliphatic rings. The average Bonchev–Trinajstić information content (AvgIpc) is 2.91. The number of rotatable bonds is 6. The van der Waals surface area contributed by atoms with Crippen LogP contribution in [0.2, 0.25) is 0 Å². The summed E-state index contributed by atoms with van der Waals surface area (Å²) >= 11 is 0. The highest BCUT2D eigenvalue weighted by Crippen LogP contribution is 2.41. The minimum atomic E-state index is -0.537. The largest absolute Gasteiger partial charge is 0.397 e. The summed E-state index contributed by atoms with van der Waals surface area (Å²) in [5.74, 6) is 0.157. The second-order valence-electron chi connectivity index (χ2n) is 7.38. The summed E-state index contributed by atoms with van der Waals surface area (Å²) in [7, 11) is 0. The maximum atomic E-state index is 8.68. The van der Waals surface area contributed by atoms with Crippen LogP contribution in [0.25, 0.3) is 22.3 Å². The van der Waals surface area contributed by atoms with Gasteiger partial charge in [-0.15, -0.1) is 0 Å². The van der Waals surface area contributed by atoms with E-state index in [4.69, 9.17) is 19.4 Å². The summed E-state index contributed by atoms with van der Waals surface area (Å²) in [5, 5.41) is 3.21. The molecule has 0 saturated heterocycles. The predicted molar refractivity (Wildman–Crippen MR) is 130 cm³/mol. The standard InChI is InChI=1S/C28H28N2/c1-20(2)17-21-18-24(22-11-5-3-6-12-22)28(30-27-16-10-9-15-26(27)29)25(19-21)23-13-7-4-8-14-23/h3-16,18-20,30H,17,29H2,1-2H3/i3D,4D,5D,6D,7D,8D,11D,12D,13D,14D. The molecule has 2 heteroatoms. The molecule has 0 saturated carbocycles. The lowest BCUT2D eigenvalue weighted by Gasteiger charge is -2.21. The SMILES string of the molecule is [2H]c1c([2H])c([2H])c(-c2cc(CC(C)C)cc(-c3c([2H])c([2H])c([2H])c([2H])c3[2H])c2Nc2ccccc2N)c([2H])c1[2H]. The van der Waals surface area contributed by atoms with Crippen LogP contribution in [0, 0.1) is 5.92 Å². The lowest BCUT2D eigenvalue weighted by Crippen LogP contribution is -2.02. The summed E-state index contributed by atoms with van der Waals surface area (Å²) in [6.07, 6.45) is 0.519. The van der Waals surface area contributed by atoms with Crippen LogP contribution in [0.15, 0.2) is 96.8 Å². The monoisotopic (exact) mass is 402 g/mol. The Kier molecular flexibility index (Phi) is 3.26. The van der Waals surface area contributed by atoms with Crippen LogP contribution in [0.3, 0.4) is 0 Å². The third-order valence-corrected chi connectivity index (χ3v) is 4.60. The molecule has 0 radical (unpaired) electrons. The summed E-state index contributed by atoms with van der Waals surface area (Å²) in [6, 6.07) is 5.41. The van der Waals surface area contributed by atoms with E-state index in [-0.39, 0.29) is 33.9 Å². The van der Waals surface area contributed by atoms with Gasteiger partial charge in [0.2, 0.25) is 0 Å². The molecule has 150 valence electrons. The third kappa shape index (κ3) is 4.38. The van der Waals surface area contributed by atoms with Crippen molar-refractivity contribution < 1.29 is 13.7 Å². The zero-order chi connectivity index (χ0) is 29.6. The molecule has 3 N–H and O–H groups in total. The summed E-state index contributed by atoms with van der Waals surface area (Å²) in [6.45, 7) is 3.98. The minimum absolute atomic E-state index is 0.0813. The Morgan fingerprint density at radius 2 is 1.37 bits per heavy atom. The highest BCUT2D eigenvalue weighted by molar-refractivity contribution is 5.94. The molecule has 0 aliphatic heterocycles. The highest BCUT2D eigenvalue weighted by atomic mass is 14.9. The lowest BCUT2D eigenvalue weighted by atomic mass is 9.90. The maximum absolute atomic E-state index is 8.68. The molecule has 2 nitrogen and oxygen atoms in total. The Labute approximate surface area is 193 Å². The predicted octanol–water partition coefficient (Wildman–Crippen LogP) is 7.54. The average molecular weight is 403 g/mol. The van der Waals surface area contributed by atoms with Crippen molar-refractivity contribution in [1.82, 2.24) is 0 Å². The molecule has 0 aromatic heterocycles. The molecule has 4 aromatic carbocycles. The van der Waals surface area contributed by atoms with Gasteiger partial charge in [-0.05, 0) is 53.3 Å². The molecular weight excluding hydrogens is 364 g/mol. The fourth-order valence-corrected chi connectivity index (χ4v) is 3.33. The van der Waals surface area contributed by atoms with Gasteiger partial charge in [0.1, 0.15) is 0 Å². The molecule has 0 unspecified atom stereocenters. The fraction of sp³-hybridized carbons (Fsp3) is 0.143. The molecule has 0 bridgehead atoms. The Hall–Kier alpha value is -3.52. The van der Waals surface area contributed by atoms with Gasteiger partial charge in [-0.25, -0.2) is 0 Å². The summed E-state index contributed by atoms with van der Waals surface area (Å²) < 4.78 is 83.9. The van der Waals surface area contributed by atoms with E-state index in [9.17, 15) is 0 Å². The van der Waals surface area contributed by atoms with Crippen molar-refractivity contribution in [2.75, 3.05) is 11.1 Å². The number of hydrogen-bond donors (Lipinski definition) is 2. The van der Waals surface area contributed by atoms with Gasteiger partial charge in [0, 0.05) is 11.1 Å². The van der Waals surface area contributed by atoms with E-state index in [2.05, 4.69) is 5.32 Å². The maximum Gasteiger partial charge on any atom is 0.0629 e. The normalized spacial score (nSPS) is 15.6. The first-order valence-electron chi connectivity index (χ1n) is 14.7. The van der Waals surface area contributed by atoms with Crippen LogP contribution in [-0.2, 0) is 6.42 Å². The van der Waals surface area contributed by atoms with E-state index >= 15 is 0 Å². The van der Waals surface area contributed by atoms with Gasteiger partial charge in [-0.1, -0.05) is 86.4 Å². The van der Waals surface area contributed by atoms with Crippen molar-refractivity contribution in [2.24, 2.45) is 5.92 Å². The number of anilines is 3. The lowest BCUT2D eigenvalue weighted by molar-refractivity contribution is 0.647. The van der Waals surface area contributed by atoms with Gasteiger partial charge < -0.3 is 11.1 Å². The van der Waals surface area contributed by atoms with Crippen LogP contribution in [-0.4, -0.2) is 0 Å². The van der Waals surface area contributed by atoms with Gasteiger partial charge in [0.05, 0.1) is 30.8 Å². The summed E-state index contributed by atoms with van der Waals surface area (Å²) in [5.41, 5.74) is 8.18. The van der Waals surface area contributed by atoms with E-state index in [1.54, 1.807) is 36.4 Å². The topological polar surface area (TPSA) is 38.0 Å². The van der Waals surface area contributed by atoms with E-state index in [1.165, 1.54) is 0 Å². The van der Waals surface area contributed by atoms with Gasteiger partial charge in [0.15, 0.2) is 0 Å². The Morgan fingerprint density at radius 3 is 1.87 bits per heavy atom. The quantitative estimate of drug-likeness (QED) is 0.327. The molecule has 0 aliphatic carbocycles. The first-order valence-corrected chi connectivity index (χ1v) is 9.69. The van der Waals surface area contributed by atoms with Gasteiger partial charge in [-0.2, -0.15) is 0 Å². The van der Waals surface area contributed by atoms with Crippen molar-refractivity contribution in [3.05, 3.63) is 102 Å². The molecule has 0 spiro atoms. The van der Waals surface area contributed by atoms with Gasteiger partial charge in [-0.3, -0.25) is 0 Å². The Bertz CT molecular complexity index is 1500. The van der Waals surface area contributed by atoms with Crippen molar-refractivity contribution in [3.8, 4) is 22.3 Å². The van der Waals surface area contributed by atoms with Crippen molar-refractivity contribution >= 4 is 17.1 Å². The van der Waals surface area contributed by atoms with Crippen LogP contribution in [0.5, 0.6) is 0 Å². The van der Waals surface area contributed by atoms with Crippen molar-refractivity contribution in [3.63, 3.8) is 0 Å². The number of nitrogen functional groups attached to an aromatic ring is 1. The van der Waals surface area contributed by atoms with E-state index in [0.717, 1.165) is 0 Å². The fourth-order valence-electron chi connectivity index (χ4n) is 3.33. The first-order chi connectivity index (χ1) is 18.8. The molecule has 30 heavy (non-hydrogen) atoms. The molecule has 0 heterocycles. The van der Waals surface area contributed by atoms with Crippen LogP contribution >= 0.6 is 0 Å². The van der Waals surface area contributed by atoms with Gasteiger partial charge >= 0.3 is 0 Å². The second-order valence-corrected chi connectivity index (χ2v) is 7.38. The zero-order valence-corrected chi connectivity index (χ0v) is 16.8. The van der Waals surface area contributed by atoms with E-state index in [1.807, 2.05) is 13.8 Å². The highest BCUT2D eigenvalue weighted by Gasteiger charge is 2.16. The molecule has 0 atom stereocenters. The minimum Gasteiger partial charge on any atom is -0.397 e. The number of hydrogen-bond acceptors (Lipinski definition) is 2. The number of para-hydroxylation sites is 2. The first kappa shape index (κ1) is 11.0. The number of nitrogens with one attached hydrogen (secondary N) is 1.